The molecule has 0 spiro atoms. The maximum absolute atomic E-state index is 13.1. The van der Waals surface area contributed by atoms with Crippen molar-refractivity contribution >= 4 is 45.4 Å². The zero-order valence-corrected chi connectivity index (χ0v) is 21.6. The molecule has 3 amide bonds. The van der Waals surface area contributed by atoms with E-state index in [4.69, 9.17) is 0 Å². The summed E-state index contributed by atoms with van der Waals surface area (Å²) in [6, 6.07) is 9.00. The molecule has 0 radical (unpaired) electrons. The van der Waals surface area contributed by atoms with Crippen LogP contribution in [-0.2, 0) is 9.59 Å². The van der Waals surface area contributed by atoms with Gasteiger partial charge in [0.2, 0.25) is 11.8 Å². The molecule has 7 nitrogen and oxygen atoms in total. The Morgan fingerprint density at radius 2 is 1.79 bits per heavy atom. The van der Waals surface area contributed by atoms with Crippen molar-refractivity contribution in [2.45, 2.75) is 66.3 Å². The lowest BCUT2D eigenvalue weighted by molar-refractivity contribution is -0.123. The second-order valence-corrected chi connectivity index (χ2v) is 10.9. The molecular formula is C26H36N4O3S. The number of hydrogen-bond donors (Lipinski definition) is 3. The summed E-state index contributed by atoms with van der Waals surface area (Å²) in [5.74, 6) is -0.650. The number of rotatable bonds is 8. The summed E-state index contributed by atoms with van der Waals surface area (Å²) in [6.45, 7) is 11.4. The molecule has 1 aromatic heterocycles. The molecule has 8 heteroatoms. The lowest BCUT2D eigenvalue weighted by Crippen LogP contribution is -2.43. The van der Waals surface area contributed by atoms with Gasteiger partial charge in [-0.25, -0.2) is 0 Å². The van der Waals surface area contributed by atoms with Crippen LogP contribution in [-0.4, -0.2) is 36.9 Å². The molecule has 1 aliphatic heterocycles. The third-order valence-electron chi connectivity index (χ3n) is 5.83. The normalized spacial score (nSPS) is 14.6. The first-order valence-corrected chi connectivity index (χ1v) is 12.8. The second kappa shape index (κ2) is 11.0. The molecule has 1 saturated heterocycles. The molecule has 1 unspecified atom stereocenters. The highest BCUT2D eigenvalue weighted by Gasteiger charge is 2.25. The summed E-state index contributed by atoms with van der Waals surface area (Å²) < 4.78 is 0. The highest BCUT2D eigenvalue weighted by atomic mass is 32.1. The van der Waals surface area contributed by atoms with Gasteiger partial charge < -0.3 is 20.9 Å². The van der Waals surface area contributed by atoms with Crippen LogP contribution >= 0.6 is 11.3 Å². The van der Waals surface area contributed by atoms with Gasteiger partial charge in [-0.05, 0) is 56.0 Å². The largest absolute Gasteiger partial charge is 0.371 e. The lowest BCUT2D eigenvalue weighted by Gasteiger charge is -2.20. The average Bonchev–Trinajstić information content (AvgIpc) is 3.43. The number of hydrogen-bond acceptors (Lipinski definition) is 5. The van der Waals surface area contributed by atoms with Gasteiger partial charge in [0, 0.05) is 29.9 Å². The van der Waals surface area contributed by atoms with E-state index < -0.39 is 11.5 Å². The van der Waals surface area contributed by atoms with Crippen LogP contribution in [0.5, 0.6) is 0 Å². The number of aryl methyl sites for hydroxylation is 1. The van der Waals surface area contributed by atoms with E-state index in [1.165, 1.54) is 24.2 Å². The summed E-state index contributed by atoms with van der Waals surface area (Å²) in [7, 11) is 0. The number of carbonyl (C=O) groups excluding carboxylic acids is 3. The monoisotopic (exact) mass is 484 g/mol. The third-order valence-corrected chi connectivity index (χ3v) is 6.98. The second-order valence-electron chi connectivity index (χ2n) is 9.88. The minimum absolute atomic E-state index is 0.111. The SMILES string of the molecule is CCCC(NC(=O)c1sc(NC(=O)C(C)(C)C)cc1C)C(=O)Nc1cccc(N2CCCC2)c1. The van der Waals surface area contributed by atoms with Crippen LogP contribution < -0.4 is 20.9 Å². The summed E-state index contributed by atoms with van der Waals surface area (Å²) in [6.07, 6.45) is 3.65. The number of nitrogens with one attached hydrogen (secondary N) is 3. The van der Waals surface area contributed by atoms with Crippen molar-refractivity contribution in [1.82, 2.24) is 5.32 Å². The first-order valence-electron chi connectivity index (χ1n) is 12.0. The van der Waals surface area contributed by atoms with Gasteiger partial charge in [-0.3, -0.25) is 14.4 Å². The van der Waals surface area contributed by atoms with Crippen molar-refractivity contribution < 1.29 is 14.4 Å². The minimum atomic E-state index is -0.651. The van der Waals surface area contributed by atoms with Crippen molar-refractivity contribution in [3.63, 3.8) is 0 Å². The quantitative estimate of drug-likeness (QED) is 0.482. The Morgan fingerprint density at radius 1 is 1.09 bits per heavy atom. The van der Waals surface area contributed by atoms with E-state index in [1.807, 2.05) is 52.8 Å². The average molecular weight is 485 g/mol. The fourth-order valence-electron chi connectivity index (χ4n) is 3.83. The Labute approximate surface area is 206 Å². The van der Waals surface area contributed by atoms with Gasteiger partial charge in [-0.15, -0.1) is 11.3 Å². The minimum Gasteiger partial charge on any atom is -0.371 e. The van der Waals surface area contributed by atoms with Crippen LogP contribution in [0, 0.1) is 12.3 Å². The standard InChI is InChI=1S/C26H36N4O3S/c1-6-10-20(23(31)27-18-11-9-12-19(16-18)30-13-7-8-14-30)28-24(32)22-17(2)15-21(34-22)29-25(33)26(3,4)5/h9,11-12,15-16,20H,6-8,10,13-14H2,1-5H3,(H,27,31)(H,28,32)(H,29,33). The van der Waals surface area contributed by atoms with Crippen LogP contribution in [0.1, 0.15) is 68.6 Å². The van der Waals surface area contributed by atoms with Crippen molar-refractivity contribution in [3.05, 3.63) is 40.8 Å². The predicted octanol–water partition coefficient (Wildman–Crippen LogP) is 5.18. The Bertz CT molecular complexity index is 1030. The van der Waals surface area contributed by atoms with Gasteiger partial charge in [-0.1, -0.05) is 40.2 Å². The molecule has 34 heavy (non-hydrogen) atoms. The summed E-state index contributed by atoms with van der Waals surface area (Å²) in [5, 5.41) is 9.37. The molecule has 3 N–H and O–H groups in total. The molecule has 1 fully saturated rings. The fourth-order valence-corrected chi connectivity index (χ4v) is 4.81. The highest BCUT2D eigenvalue weighted by molar-refractivity contribution is 7.18. The first-order chi connectivity index (χ1) is 16.1. The van der Waals surface area contributed by atoms with Gasteiger partial charge in [0.1, 0.15) is 6.04 Å². The van der Waals surface area contributed by atoms with Crippen LogP contribution in [0.3, 0.4) is 0 Å². The third kappa shape index (κ3) is 6.59. The van der Waals surface area contributed by atoms with Crippen LogP contribution in [0.4, 0.5) is 16.4 Å². The van der Waals surface area contributed by atoms with E-state index in [9.17, 15) is 14.4 Å². The van der Waals surface area contributed by atoms with Gasteiger partial charge in [0.05, 0.1) is 9.88 Å². The van der Waals surface area contributed by atoms with E-state index >= 15 is 0 Å². The zero-order valence-electron chi connectivity index (χ0n) is 20.8. The molecular weight excluding hydrogens is 448 g/mol. The van der Waals surface area contributed by atoms with E-state index in [2.05, 4.69) is 26.9 Å². The molecule has 184 valence electrons. The number of thiophene rings is 1. The van der Waals surface area contributed by atoms with Crippen LogP contribution in [0.15, 0.2) is 30.3 Å². The van der Waals surface area contributed by atoms with Gasteiger partial charge in [0.25, 0.3) is 5.91 Å². The van der Waals surface area contributed by atoms with Crippen molar-refractivity contribution in [2.75, 3.05) is 28.6 Å². The number of amides is 3. The number of nitrogens with zero attached hydrogens (tertiary/aromatic N) is 1. The van der Waals surface area contributed by atoms with Crippen molar-refractivity contribution in [3.8, 4) is 0 Å². The first kappa shape index (κ1) is 25.7. The summed E-state index contributed by atoms with van der Waals surface area (Å²) in [4.78, 5) is 41.2. The Morgan fingerprint density at radius 3 is 2.44 bits per heavy atom. The fraction of sp³-hybridized carbons (Fsp3) is 0.500. The van der Waals surface area contributed by atoms with Gasteiger partial charge in [-0.2, -0.15) is 0 Å². The van der Waals surface area contributed by atoms with E-state index in [1.54, 1.807) is 6.07 Å². The van der Waals surface area contributed by atoms with E-state index in [-0.39, 0.29) is 17.7 Å². The maximum atomic E-state index is 13.1. The van der Waals surface area contributed by atoms with Crippen LogP contribution in [0.2, 0.25) is 0 Å². The predicted molar refractivity (Wildman–Crippen MR) is 140 cm³/mol. The van der Waals surface area contributed by atoms with Crippen LogP contribution in [0.25, 0.3) is 0 Å². The molecule has 1 atom stereocenters. The number of anilines is 3. The lowest BCUT2D eigenvalue weighted by atomic mass is 9.96. The molecule has 0 bridgehead atoms. The van der Waals surface area contributed by atoms with E-state index in [0.717, 1.165) is 36.4 Å². The van der Waals surface area contributed by atoms with Gasteiger partial charge >= 0.3 is 0 Å². The summed E-state index contributed by atoms with van der Waals surface area (Å²) >= 11 is 1.22. The molecule has 3 rings (SSSR count). The molecule has 2 aromatic rings. The summed E-state index contributed by atoms with van der Waals surface area (Å²) in [5.41, 5.74) is 2.06. The Balaban J connectivity index is 1.67. The topological polar surface area (TPSA) is 90.5 Å². The van der Waals surface area contributed by atoms with Crippen molar-refractivity contribution in [2.24, 2.45) is 5.41 Å². The molecule has 1 aromatic carbocycles. The molecule has 2 heterocycles. The van der Waals surface area contributed by atoms with Gasteiger partial charge in [0.15, 0.2) is 0 Å². The zero-order chi connectivity index (χ0) is 24.9. The maximum Gasteiger partial charge on any atom is 0.262 e. The smallest absolute Gasteiger partial charge is 0.262 e. The molecule has 1 aliphatic rings. The number of carbonyl (C=O) groups is 3. The molecule has 0 aliphatic carbocycles. The highest BCUT2D eigenvalue weighted by Crippen LogP contribution is 2.29. The Hall–Kier alpha value is -2.87. The number of benzene rings is 1. The Kier molecular flexibility index (Phi) is 8.36. The van der Waals surface area contributed by atoms with Crippen molar-refractivity contribution in [1.29, 1.82) is 0 Å². The van der Waals surface area contributed by atoms with E-state index in [0.29, 0.717) is 16.3 Å². The molecule has 0 saturated carbocycles.